The molecule has 5 rings (SSSR count). The third kappa shape index (κ3) is 4.79. The number of amides is 1. The molecule has 204 valence electrons. The second-order valence-electron chi connectivity index (χ2n) is 9.67. The number of alkyl halides is 6. The molecule has 1 saturated heterocycles. The average Bonchev–Trinajstić information content (AvgIpc) is 3.20. The van der Waals surface area contributed by atoms with Crippen molar-refractivity contribution in [2.45, 2.75) is 56.2 Å². The zero-order valence-electron chi connectivity index (χ0n) is 19.7. The van der Waals surface area contributed by atoms with Crippen LogP contribution in [0, 0.1) is 5.82 Å². The van der Waals surface area contributed by atoms with E-state index in [9.17, 15) is 36.2 Å². The third-order valence-corrected chi connectivity index (χ3v) is 7.32. The lowest BCUT2D eigenvalue weighted by atomic mass is 9.79. The summed E-state index contributed by atoms with van der Waals surface area (Å²) in [4.78, 5) is 21.4. The molecule has 2 aliphatic rings. The summed E-state index contributed by atoms with van der Waals surface area (Å²) in [7, 11) is 0. The fraction of sp³-hybridized carbons (Fsp3) is 0.440. The summed E-state index contributed by atoms with van der Waals surface area (Å²) in [6.07, 6.45) is -9.38. The molecule has 3 heterocycles. The van der Waals surface area contributed by atoms with Crippen LogP contribution in [-0.2, 0) is 12.8 Å². The van der Waals surface area contributed by atoms with Crippen molar-refractivity contribution >= 4 is 16.9 Å². The molecule has 1 aliphatic carbocycles. The van der Waals surface area contributed by atoms with E-state index in [0.29, 0.717) is 18.5 Å². The van der Waals surface area contributed by atoms with E-state index in [2.05, 4.69) is 14.7 Å². The number of H-pyrrole nitrogens is 1. The van der Waals surface area contributed by atoms with E-state index in [0.717, 1.165) is 18.3 Å². The van der Waals surface area contributed by atoms with Crippen molar-refractivity contribution in [1.82, 2.24) is 14.9 Å². The van der Waals surface area contributed by atoms with Gasteiger partial charge in [0.15, 0.2) is 5.60 Å². The summed E-state index contributed by atoms with van der Waals surface area (Å²) in [5.74, 6) is -1.98. The zero-order valence-corrected chi connectivity index (χ0v) is 19.7. The van der Waals surface area contributed by atoms with Gasteiger partial charge < -0.3 is 19.7 Å². The van der Waals surface area contributed by atoms with Crippen molar-refractivity contribution in [2.24, 2.45) is 0 Å². The molecule has 1 aromatic carbocycles. The molecule has 0 radical (unpaired) electrons. The second-order valence-corrected chi connectivity index (χ2v) is 9.67. The summed E-state index contributed by atoms with van der Waals surface area (Å²) in [5, 5.41) is 10.6. The second kappa shape index (κ2) is 9.14. The van der Waals surface area contributed by atoms with E-state index in [1.165, 1.54) is 17.0 Å². The Bertz CT molecular complexity index is 1360. The van der Waals surface area contributed by atoms with E-state index < -0.39 is 54.4 Å². The summed E-state index contributed by atoms with van der Waals surface area (Å²) >= 11 is 0. The van der Waals surface area contributed by atoms with Crippen LogP contribution in [-0.4, -0.2) is 57.1 Å². The first-order valence-corrected chi connectivity index (χ1v) is 11.9. The van der Waals surface area contributed by atoms with Gasteiger partial charge in [0.1, 0.15) is 17.2 Å². The Morgan fingerprint density at radius 3 is 2.37 bits per heavy atom. The van der Waals surface area contributed by atoms with E-state index >= 15 is 4.39 Å². The predicted octanol–water partition coefficient (Wildman–Crippen LogP) is 5.40. The zero-order chi connectivity index (χ0) is 27.5. The van der Waals surface area contributed by atoms with Crippen molar-refractivity contribution in [3.05, 3.63) is 58.7 Å². The summed E-state index contributed by atoms with van der Waals surface area (Å²) in [6, 6.07) is 4.51. The summed E-state index contributed by atoms with van der Waals surface area (Å²) < 4.78 is 96.7. The lowest BCUT2D eigenvalue weighted by Gasteiger charge is -2.35. The number of carbonyl (C=O) groups excluding carboxylic acids is 1. The Morgan fingerprint density at radius 2 is 1.76 bits per heavy atom. The number of ether oxygens (including phenoxy) is 1. The molecule has 1 amide bonds. The van der Waals surface area contributed by atoms with Gasteiger partial charge in [-0.2, -0.15) is 13.2 Å². The van der Waals surface area contributed by atoms with Gasteiger partial charge in [-0.3, -0.25) is 4.79 Å². The minimum Gasteiger partial charge on any atom is -0.406 e. The fourth-order valence-electron chi connectivity index (χ4n) is 5.39. The minimum absolute atomic E-state index is 0.0670. The highest BCUT2D eigenvalue weighted by molar-refractivity contribution is 5.94. The van der Waals surface area contributed by atoms with Crippen LogP contribution in [0.25, 0.3) is 11.0 Å². The van der Waals surface area contributed by atoms with E-state index in [1.807, 2.05) is 0 Å². The van der Waals surface area contributed by atoms with Gasteiger partial charge in [-0.25, -0.2) is 9.37 Å². The summed E-state index contributed by atoms with van der Waals surface area (Å²) in [6.45, 7) is 0.402. The number of carbonyl (C=O) groups is 1. The largest absolute Gasteiger partial charge is 0.573 e. The highest BCUT2D eigenvalue weighted by atomic mass is 19.4. The molecule has 2 aromatic heterocycles. The standard InChI is InChI=1S/C25H22F7N3O3/c26-17-12-33-21-20(16-11-23(37,24(27,28)29)8-5-18(16)34-21)19(17)13-6-9-35(10-7-13)22(36)14-1-3-15(4-2-14)38-25(30,31)32/h1-4,12-13,37H,5-11H2,(H,33,34)/t23-/m1/s1. The molecule has 0 spiro atoms. The van der Waals surface area contributed by atoms with Gasteiger partial charge >= 0.3 is 12.5 Å². The van der Waals surface area contributed by atoms with E-state index in [1.54, 1.807) is 0 Å². The first-order chi connectivity index (χ1) is 17.8. The number of halogens is 7. The Kier molecular flexibility index (Phi) is 6.32. The number of likely N-dealkylation sites (tertiary alicyclic amines) is 1. The van der Waals surface area contributed by atoms with Crippen LogP contribution in [0.1, 0.15) is 52.4 Å². The van der Waals surface area contributed by atoms with E-state index in [-0.39, 0.29) is 47.2 Å². The van der Waals surface area contributed by atoms with Crippen molar-refractivity contribution < 1.29 is 45.4 Å². The van der Waals surface area contributed by atoms with Gasteiger partial charge in [-0.1, -0.05) is 0 Å². The maximum Gasteiger partial charge on any atom is 0.573 e. The van der Waals surface area contributed by atoms with Crippen LogP contribution in [0.15, 0.2) is 30.5 Å². The van der Waals surface area contributed by atoms with Crippen LogP contribution in [0.2, 0.25) is 0 Å². The molecule has 1 fully saturated rings. The Hall–Kier alpha value is -3.35. The number of hydrogen-bond donors (Lipinski definition) is 2. The van der Waals surface area contributed by atoms with E-state index in [4.69, 9.17) is 0 Å². The number of aromatic nitrogens is 2. The number of rotatable bonds is 3. The third-order valence-electron chi connectivity index (χ3n) is 7.32. The molecular formula is C25H22F7N3O3. The number of benzene rings is 1. The number of aryl methyl sites for hydroxylation is 1. The van der Waals surface area contributed by atoms with Gasteiger partial charge in [0.05, 0.1) is 6.20 Å². The maximum atomic E-state index is 15.1. The highest BCUT2D eigenvalue weighted by Gasteiger charge is 2.55. The predicted molar refractivity (Wildman–Crippen MR) is 120 cm³/mol. The van der Waals surface area contributed by atoms with Gasteiger partial charge in [0.2, 0.25) is 0 Å². The van der Waals surface area contributed by atoms with Crippen LogP contribution in [0.4, 0.5) is 30.7 Å². The number of fused-ring (bicyclic) bond motifs is 3. The molecule has 6 nitrogen and oxygen atoms in total. The quantitative estimate of drug-likeness (QED) is 0.432. The average molecular weight is 545 g/mol. The number of hydrogen-bond acceptors (Lipinski definition) is 4. The number of aliphatic hydroxyl groups is 1. The monoisotopic (exact) mass is 545 g/mol. The normalized spacial score (nSPS) is 21.0. The molecule has 0 saturated carbocycles. The lowest BCUT2D eigenvalue weighted by molar-refractivity contribution is -0.274. The van der Waals surface area contributed by atoms with Crippen molar-refractivity contribution in [3.63, 3.8) is 0 Å². The molecule has 2 N–H and O–H groups in total. The smallest absolute Gasteiger partial charge is 0.406 e. The number of piperidine rings is 1. The lowest BCUT2D eigenvalue weighted by Crippen LogP contribution is -2.49. The molecule has 0 bridgehead atoms. The van der Waals surface area contributed by atoms with Gasteiger partial charge in [0.25, 0.3) is 5.91 Å². The van der Waals surface area contributed by atoms with Gasteiger partial charge in [-0.15, -0.1) is 13.2 Å². The molecule has 1 aliphatic heterocycles. The van der Waals surface area contributed by atoms with Crippen molar-refractivity contribution in [1.29, 1.82) is 0 Å². The molecule has 38 heavy (non-hydrogen) atoms. The number of aromatic amines is 1. The topological polar surface area (TPSA) is 78.5 Å². The summed E-state index contributed by atoms with van der Waals surface area (Å²) in [5.41, 5.74) is -1.62. The first kappa shape index (κ1) is 26.3. The number of nitrogens with one attached hydrogen (secondary N) is 1. The Morgan fingerprint density at radius 1 is 1.11 bits per heavy atom. The minimum atomic E-state index is -4.86. The first-order valence-electron chi connectivity index (χ1n) is 11.9. The van der Waals surface area contributed by atoms with Crippen LogP contribution in [0.3, 0.4) is 0 Å². The molecule has 13 heteroatoms. The van der Waals surface area contributed by atoms with Gasteiger partial charge in [0, 0.05) is 41.7 Å². The fourth-order valence-corrected chi connectivity index (χ4v) is 5.39. The highest BCUT2D eigenvalue weighted by Crippen LogP contribution is 2.45. The maximum absolute atomic E-state index is 15.1. The van der Waals surface area contributed by atoms with Crippen molar-refractivity contribution in [3.8, 4) is 5.75 Å². The Balaban J connectivity index is 1.36. The van der Waals surface area contributed by atoms with Crippen LogP contribution in [0.5, 0.6) is 5.75 Å². The molecule has 0 unspecified atom stereocenters. The molecule has 3 aromatic rings. The molecule has 1 atom stereocenters. The molecular weight excluding hydrogens is 523 g/mol. The Labute approximate surface area is 211 Å². The SMILES string of the molecule is O=C(c1ccc(OC(F)(F)F)cc1)N1CCC(c2c(F)cnc3[nH]c4c(c23)C[C@@](O)(C(F)(F)F)CC4)CC1. The van der Waals surface area contributed by atoms with Crippen LogP contribution >= 0.6 is 0 Å². The van der Waals surface area contributed by atoms with Crippen molar-refractivity contribution in [2.75, 3.05) is 13.1 Å². The van der Waals surface area contributed by atoms with Gasteiger partial charge in [-0.05, 0) is 61.4 Å². The number of nitrogens with zero attached hydrogens (tertiary/aromatic N) is 2. The number of pyridine rings is 1. The van der Waals surface area contributed by atoms with Crippen LogP contribution < -0.4 is 4.74 Å².